The van der Waals surface area contributed by atoms with Gasteiger partial charge in [-0.2, -0.15) is 0 Å². The van der Waals surface area contributed by atoms with E-state index in [1.54, 1.807) is 0 Å². The number of aromatic amines is 2. The van der Waals surface area contributed by atoms with Crippen molar-refractivity contribution in [3.63, 3.8) is 0 Å². The van der Waals surface area contributed by atoms with E-state index in [1.165, 1.54) is 14.2 Å². The normalized spacial score (nSPS) is 19.2. The van der Waals surface area contributed by atoms with Crippen LogP contribution in [-0.2, 0) is 19.1 Å². The van der Waals surface area contributed by atoms with Crippen LogP contribution in [0.2, 0.25) is 0 Å². The maximum absolute atomic E-state index is 13.7. The average Bonchev–Trinajstić information content (AvgIpc) is 4.14. The van der Waals surface area contributed by atoms with Crippen LogP contribution in [-0.4, -0.2) is 97.7 Å². The van der Waals surface area contributed by atoms with E-state index in [0.717, 1.165) is 101 Å². The van der Waals surface area contributed by atoms with Crippen LogP contribution in [0.1, 0.15) is 110 Å². The number of carbonyl (C=O) groups is 4. The molecule has 3 aliphatic rings. The number of nitrogens with zero attached hydrogens (tertiary/aromatic N) is 5. The third-order valence-electron chi connectivity index (χ3n) is 12.8. The lowest BCUT2D eigenvalue weighted by Gasteiger charge is -2.30. The van der Waals surface area contributed by atoms with Crippen LogP contribution in [0.25, 0.3) is 44.7 Å². The first-order chi connectivity index (χ1) is 30.4. The van der Waals surface area contributed by atoms with Crippen LogP contribution < -0.4 is 15.4 Å². The van der Waals surface area contributed by atoms with Crippen molar-refractivity contribution in [3.05, 3.63) is 66.5 Å². The van der Waals surface area contributed by atoms with Crippen molar-refractivity contribution in [2.75, 3.05) is 27.3 Å². The Morgan fingerprint density at radius 1 is 0.778 bits per heavy atom. The molecule has 4 amide bonds. The number of aromatic nitrogens is 5. The van der Waals surface area contributed by atoms with Gasteiger partial charge in [0.1, 0.15) is 29.5 Å². The number of likely N-dealkylation sites (tertiary alicyclic amines) is 2. The van der Waals surface area contributed by atoms with Gasteiger partial charge in [-0.15, -0.1) is 0 Å². The summed E-state index contributed by atoms with van der Waals surface area (Å²) in [4.78, 5) is 71.8. The number of hydrogen-bond donors (Lipinski definition) is 4. The van der Waals surface area contributed by atoms with Crippen LogP contribution in [0.5, 0.6) is 5.75 Å². The first kappa shape index (κ1) is 43.3. The van der Waals surface area contributed by atoms with Crippen LogP contribution in [0, 0.1) is 11.8 Å². The van der Waals surface area contributed by atoms with Gasteiger partial charge in [0.2, 0.25) is 11.8 Å². The van der Waals surface area contributed by atoms with Gasteiger partial charge < -0.3 is 49.2 Å². The second-order valence-electron chi connectivity index (χ2n) is 17.6. The van der Waals surface area contributed by atoms with E-state index < -0.39 is 24.3 Å². The Morgan fingerprint density at radius 3 is 1.84 bits per heavy atom. The zero-order valence-electron chi connectivity index (χ0n) is 37.2. The molecule has 16 heteroatoms. The molecule has 3 aliphatic heterocycles. The minimum absolute atomic E-state index is 0.118. The van der Waals surface area contributed by atoms with Crippen molar-refractivity contribution in [3.8, 4) is 39.5 Å². The number of nitrogens with one attached hydrogen (secondary N) is 4. The molecule has 6 heterocycles. The highest BCUT2D eigenvalue weighted by molar-refractivity contribution is 5.92. The fraction of sp³-hybridized carbons (Fsp3) is 0.489. The van der Waals surface area contributed by atoms with E-state index in [-0.39, 0.29) is 42.0 Å². The molecule has 63 heavy (non-hydrogen) atoms. The molecule has 8 rings (SSSR count). The number of alkyl carbamates (subject to hydrolysis) is 2. The molecule has 16 nitrogen and oxygen atoms in total. The van der Waals surface area contributed by atoms with E-state index in [0.29, 0.717) is 18.9 Å². The largest absolute Gasteiger partial charge is 0.469 e. The maximum atomic E-state index is 13.7. The Hall–Kier alpha value is -6.32. The number of ether oxygens (including phenoxy) is 3. The summed E-state index contributed by atoms with van der Waals surface area (Å²) in [6, 6.07) is 13.0. The number of unbranched alkanes of at least 4 members (excludes halogenated alkanes) is 1. The summed E-state index contributed by atoms with van der Waals surface area (Å²) in [5.41, 5.74) is 6.73. The van der Waals surface area contributed by atoms with Crippen LogP contribution >= 0.6 is 0 Å². The number of methoxy groups -OCH3 is 2. The highest BCUT2D eigenvalue weighted by Gasteiger charge is 2.39. The zero-order chi connectivity index (χ0) is 44.5. The van der Waals surface area contributed by atoms with Gasteiger partial charge in [-0.1, -0.05) is 53.2 Å². The number of imidazole rings is 2. The summed E-state index contributed by atoms with van der Waals surface area (Å²) in [5, 5.41) is 6.51. The molecule has 5 atom stereocenters. The molecule has 4 N–H and O–H groups in total. The molecule has 2 fully saturated rings. The number of hydrogen-bond acceptors (Lipinski definition) is 9. The number of amides is 4. The minimum Gasteiger partial charge on any atom is -0.469 e. The molecule has 0 aliphatic carbocycles. The monoisotopic (exact) mass is 861 g/mol. The highest BCUT2D eigenvalue weighted by atomic mass is 16.5. The Morgan fingerprint density at radius 2 is 1.32 bits per heavy atom. The van der Waals surface area contributed by atoms with Crippen LogP contribution in [0.3, 0.4) is 0 Å². The fourth-order valence-electron chi connectivity index (χ4n) is 9.38. The van der Waals surface area contributed by atoms with Gasteiger partial charge in [0, 0.05) is 41.6 Å². The van der Waals surface area contributed by atoms with E-state index >= 15 is 0 Å². The number of rotatable bonds is 13. The predicted octanol–water partition coefficient (Wildman–Crippen LogP) is 8.26. The van der Waals surface area contributed by atoms with Crippen molar-refractivity contribution >= 4 is 34.9 Å². The number of H-pyrrole nitrogens is 2. The molecular weight excluding hydrogens is 803 g/mol. The lowest BCUT2D eigenvalue weighted by Crippen LogP contribution is -2.51. The predicted molar refractivity (Wildman–Crippen MR) is 237 cm³/mol. The van der Waals surface area contributed by atoms with Gasteiger partial charge in [-0.3, -0.25) is 9.59 Å². The van der Waals surface area contributed by atoms with Crippen molar-refractivity contribution in [1.29, 1.82) is 0 Å². The molecule has 2 saturated heterocycles. The van der Waals surface area contributed by atoms with Gasteiger partial charge in [0.25, 0.3) is 0 Å². The van der Waals surface area contributed by atoms with Crippen molar-refractivity contribution in [1.82, 2.24) is 44.9 Å². The quantitative estimate of drug-likeness (QED) is 0.0904. The first-order valence-corrected chi connectivity index (χ1v) is 22.3. The molecule has 334 valence electrons. The number of carbonyl (C=O) groups excluding carboxylic acids is 4. The summed E-state index contributed by atoms with van der Waals surface area (Å²) >= 11 is 0. The van der Waals surface area contributed by atoms with Crippen LogP contribution in [0.4, 0.5) is 9.59 Å². The summed E-state index contributed by atoms with van der Waals surface area (Å²) in [5.74, 6) is 1.69. The molecule has 0 radical (unpaired) electrons. The highest BCUT2D eigenvalue weighted by Crippen LogP contribution is 2.46. The summed E-state index contributed by atoms with van der Waals surface area (Å²) in [6.45, 7) is 11.0. The lowest BCUT2D eigenvalue weighted by atomic mass is 10.0. The summed E-state index contributed by atoms with van der Waals surface area (Å²) in [7, 11) is 2.59. The van der Waals surface area contributed by atoms with Gasteiger partial charge >= 0.3 is 12.2 Å². The van der Waals surface area contributed by atoms with Crippen molar-refractivity contribution < 1.29 is 33.4 Å². The summed E-state index contributed by atoms with van der Waals surface area (Å²) < 4.78 is 18.8. The molecule has 0 bridgehead atoms. The smallest absolute Gasteiger partial charge is 0.407 e. The topological polar surface area (TPSA) is 189 Å². The van der Waals surface area contributed by atoms with Crippen molar-refractivity contribution in [2.45, 2.75) is 110 Å². The molecule has 0 saturated carbocycles. The zero-order valence-corrected chi connectivity index (χ0v) is 37.2. The molecule has 2 aromatic carbocycles. The lowest BCUT2D eigenvalue weighted by molar-refractivity contribution is -0.136. The molecule has 3 aromatic heterocycles. The molecular formula is C47H59N9O7. The Labute approximate surface area is 367 Å². The van der Waals surface area contributed by atoms with E-state index in [9.17, 15) is 19.2 Å². The molecule has 1 unspecified atom stereocenters. The van der Waals surface area contributed by atoms with E-state index in [1.807, 2.05) is 49.9 Å². The molecule has 0 spiro atoms. The second kappa shape index (κ2) is 18.2. The maximum Gasteiger partial charge on any atom is 0.407 e. The van der Waals surface area contributed by atoms with Gasteiger partial charge in [-0.05, 0) is 74.3 Å². The van der Waals surface area contributed by atoms with Gasteiger partial charge in [0.15, 0.2) is 6.23 Å². The first-order valence-electron chi connectivity index (χ1n) is 22.3. The Bertz CT molecular complexity index is 2490. The average molecular weight is 862 g/mol. The van der Waals surface area contributed by atoms with E-state index in [4.69, 9.17) is 24.2 Å². The van der Waals surface area contributed by atoms with Crippen molar-refractivity contribution in [2.24, 2.45) is 11.8 Å². The Kier molecular flexibility index (Phi) is 12.5. The standard InChI is InChI=1S/C47H59N9O7/c1-8-9-14-39-56-34-18-16-28(32-24-48-42(50-32)35-12-10-19-54(35)44(57)40(26(2)3)52-46(59)61-6)21-30(34)22-37(56)31-17-15-29(23-38(31)63-39)33-25-49-43(51-33)36-13-11-20-55(36)45(58)41(27(4)5)53-47(60)62-7/h15-18,21-27,35-36,39-41H,8-14,19-20H2,1-7H3,(H,48,50)(H,49,51)(H,52,59)(H,53,60)/t35-,36-,39?,40-,41-/m0/s1. The third kappa shape index (κ3) is 8.46. The fourth-order valence-corrected chi connectivity index (χ4v) is 9.38. The van der Waals surface area contributed by atoms with Crippen LogP contribution in [0.15, 0.2) is 54.9 Å². The molecule has 5 aromatic rings. The number of fused-ring (bicyclic) bond motifs is 5. The summed E-state index contributed by atoms with van der Waals surface area (Å²) in [6.07, 6.45) is 8.26. The second-order valence-corrected chi connectivity index (χ2v) is 17.6. The van der Waals surface area contributed by atoms with Gasteiger partial charge in [0.05, 0.1) is 61.3 Å². The third-order valence-corrected chi connectivity index (χ3v) is 12.8. The number of benzene rings is 2. The van der Waals surface area contributed by atoms with E-state index in [2.05, 4.69) is 74.6 Å². The minimum atomic E-state index is -0.707. The SMILES string of the molecule is CCCCC1Oc2cc(-c3cnc([C@@H]4CCCN4C(=O)[C@@H](NC(=O)OC)C(C)C)[nH]3)ccc2-c2cc3cc(-c4cnc([C@@H]5CCCN5C(=O)[C@@H](NC(=O)OC)C(C)C)[nH]4)ccc3n21. The van der Waals surface area contributed by atoms with Gasteiger partial charge in [-0.25, -0.2) is 19.6 Å². The Balaban J connectivity index is 1.05.